The Morgan fingerprint density at radius 1 is 1.32 bits per heavy atom. The lowest BCUT2D eigenvalue weighted by Crippen LogP contribution is -2.44. The Morgan fingerprint density at radius 3 is 2.95 bits per heavy atom. The van der Waals surface area contributed by atoms with Crippen LogP contribution in [0.2, 0.25) is 0 Å². The van der Waals surface area contributed by atoms with Crippen LogP contribution in [0, 0.1) is 0 Å². The Labute approximate surface area is 119 Å². The third-order valence-corrected chi connectivity index (χ3v) is 4.87. The Hall–Kier alpha value is -0.630. The molecule has 1 heterocycles. The summed E-state index contributed by atoms with van der Waals surface area (Å²) in [5.41, 5.74) is 2.89. The number of ether oxygens (including phenoxy) is 1. The first-order valence-electron chi connectivity index (χ1n) is 7.77. The summed E-state index contributed by atoms with van der Waals surface area (Å²) < 4.78 is 14.9. The quantitative estimate of drug-likeness (QED) is 0.774. The van der Waals surface area contributed by atoms with Crippen molar-refractivity contribution < 1.29 is 6.11 Å². The summed E-state index contributed by atoms with van der Waals surface area (Å²) in [5.74, 6) is 0.843. The third kappa shape index (κ3) is 2.79. The number of aryl methyl sites for hydroxylation is 1. The van der Waals surface area contributed by atoms with Gasteiger partial charge in [-0.05, 0) is 42.5 Å². The minimum Gasteiger partial charge on any atom is -0.497 e. The molecular weight excluding hydrogens is 255 g/mol. The van der Waals surface area contributed by atoms with Crippen LogP contribution in [0.1, 0.15) is 31.4 Å². The molecule has 1 aromatic rings. The van der Waals surface area contributed by atoms with Crippen molar-refractivity contribution in [2.24, 2.45) is 0 Å². The van der Waals surface area contributed by atoms with Crippen LogP contribution in [0.4, 0.5) is 0 Å². The highest BCUT2D eigenvalue weighted by atomic mass is 31.0. The maximum atomic E-state index is 7.21. The summed E-state index contributed by atoms with van der Waals surface area (Å²) in [7, 11) is 2.80. The fourth-order valence-electron chi connectivity index (χ4n) is 3.27. The predicted octanol–water partition coefficient (Wildman–Crippen LogP) is 2.48. The molecule has 3 rings (SSSR count). The van der Waals surface area contributed by atoms with Gasteiger partial charge in [0.1, 0.15) is 5.75 Å². The second kappa shape index (κ2) is 5.78. The van der Waals surface area contributed by atoms with Crippen molar-refractivity contribution in [3.05, 3.63) is 29.3 Å². The van der Waals surface area contributed by atoms with E-state index in [1.165, 1.54) is 30.4 Å². The van der Waals surface area contributed by atoms with Crippen molar-refractivity contribution in [3.63, 3.8) is 0 Å². The lowest BCUT2D eigenvalue weighted by Gasteiger charge is -2.40. The first kappa shape index (κ1) is 12.1. The first-order valence-corrected chi connectivity index (χ1v) is 7.58. The van der Waals surface area contributed by atoms with Crippen LogP contribution in [0.15, 0.2) is 18.2 Å². The van der Waals surface area contributed by atoms with Crippen molar-refractivity contribution in [3.8, 4) is 5.75 Å². The predicted molar refractivity (Wildman–Crippen MR) is 81.5 cm³/mol. The molecule has 0 amide bonds. The van der Waals surface area contributed by atoms with Crippen LogP contribution < -0.4 is 4.74 Å². The molecule has 1 saturated heterocycles. The Morgan fingerprint density at radius 2 is 2.16 bits per heavy atom. The van der Waals surface area contributed by atoms with E-state index in [-0.39, 0.29) is 7.09 Å². The molecule has 1 aromatic carbocycles. The Balaban J connectivity index is 1.82. The number of hydrogen-bond donors (Lipinski definition) is 0. The second-order valence-electron chi connectivity index (χ2n) is 5.48. The molecule has 1 fully saturated rings. The largest absolute Gasteiger partial charge is 0.497 e. The number of methoxy groups -OCH3 is 1. The molecule has 1 aliphatic carbocycles. The van der Waals surface area contributed by atoms with Gasteiger partial charge in [0.2, 0.25) is 0 Å². The molecule has 1 aliphatic heterocycles. The zero-order valence-electron chi connectivity index (χ0n) is 12.3. The van der Waals surface area contributed by atoms with Crippen molar-refractivity contribution in [2.75, 3.05) is 33.3 Å². The van der Waals surface area contributed by atoms with E-state index in [0.29, 0.717) is 6.04 Å². The number of hydrogen-bond acceptors (Lipinski definition) is 3. The van der Waals surface area contributed by atoms with E-state index in [4.69, 9.17) is 6.11 Å². The number of benzene rings is 1. The summed E-state index contributed by atoms with van der Waals surface area (Å²) >= 11 is 0. The Bertz CT molecular complexity index is 463. The minimum absolute atomic E-state index is 0.00478. The standard InChI is InChI=1S/C15H23N2OP/c1-18-13-6-5-12-3-2-4-15(14(12)11-13)16-7-9-17(19)10-8-16/h5-6,11,15H,2-4,7-10,19H2,1H3/i1D. The highest BCUT2D eigenvalue weighted by molar-refractivity contribution is 7.13. The summed E-state index contributed by atoms with van der Waals surface area (Å²) in [6, 6.07) is 6.90. The van der Waals surface area contributed by atoms with Gasteiger partial charge < -0.3 is 4.74 Å². The monoisotopic (exact) mass is 279 g/mol. The normalized spacial score (nSPS) is 25.7. The van der Waals surface area contributed by atoms with Crippen LogP contribution >= 0.6 is 9.39 Å². The highest BCUT2D eigenvalue weighted by Crippen LogP contribution is 2.36. The van der Waals surface area contributed by atoms with Crippen molar-refractivity contribution in [1.82, 2.24) is 9.57 Å². The Kier molecular flexibility index (Phi) is 3.69. The zero-order chi connectivity index (χ0) is 13.9. The molecule has 104 valence electrons. The van der Waals surface area contributed by atoms with E-state index in [9.17, 15) is 0 Å². The van der Waals surface area contributed by atoms with Gasteiger partial charge in [-0.3, -0.25) is 9.57 Å². The smallest absolute Gasteiger partial charge is 0.119 e. The van der Waals surface area contributed by atoms with Crippen LogP contribution in [0.25, 0.3) is 0 Å². The summed E-state index contributed by atoms with van der Waals surface area (Å²) in [4.78, 5) is 2.61. The summed E-state index contributed by atoms with van der Waals surface area (Å²) in [6.07, 6.45) is 3.70. The molecule has 0 bridgehead atoms. The van der Waals surface area contributed by atoms with E-state index in [1.807, 2.05) is 6.07 Å². The van der Waals surface area contributed by atoms with Gasteiger partial charge in [0.05, 0.1) is 8.46 Å². The zero-order valence-corrected chi connectivity index (χ0v) is 12.5. The van der Waals surface area contributed by atoms with Gasteiger partial charge in [0.15, 0.2) is 0 Å². The van der Waals surface area contributed by atoms with E-state index in [1.54, 1.807) is 0 Å². The third-order valence-electron chi connectivity index (χ3n) is 4.36. The molecule has 0 spiro atoms. The molecular formula is C15H23N2OP. The number of nitrogens with zero attached hydrogens (tertiary/aromatic N) is 2. The maximum absolute atomic E-state index is 7.21. The van der Waals surface area contributed by atoms with E-state index >= 15 is 0 Å². The van der Waals surface area contributed by atoms with Crippen molar-refractivity contribution >= 4 is 9.39 Å². The SMILES string of the molecule is [2H]COc1ccc2c(c1)C(N1CCN(P)CC1)CCC2. The van der Waals surface area contributed by atoms with Gasteiger partial charge in [-0.15, -0.1) is 0 Å². The first-order chi connectivity index (χ1) is 9.78. The van der Waals surface area contributed by atoms with Gasteiger partial charge in [0.25, 0.3) is 0 Å². The molecule has 2 unspecified atom stereocenters. The van der Waals surface area contributed by atoms with Gasteiger partial charge >= 0.3 is 0 Å². The van der Waals surface area contributed by atoms with Gasteiger partial charge in [-0.25, -0.2) is 0 Å². The summed E-state index contributed by atoms with van der Waals surface area (Å²) in [6.45, 7) is 4.52. The van der Waals surface area contributed by atoms with Crippen LogP contribution in [-0.2, 0) is 6.42 Å². The molecule has 0 saturated carbocycles. The molecule has 0 N–H and O–H groups in total. The fourth-order valence-corrected chi connectivity index (χ4v) is 3.50. The number of rotatable bonds is 2. The molecule has 2 aliphatic rings. The van der Waals surface area contributed by atoms with Crippen molar-refractivity contribution in [1.29, 1.82) is 0 Å². The number of fused-ring (bicyclic) bond motifs is 1. The maximum Gasteiger partial charge on any atom is 0.119 e. The van der Waals surface area contributed by atoms with Crippen LogP contribution in [0.5, 0.6) is 5.75 Å². The topological polar surface area (TPSA) is 15.7 Å². The summed E-state index contributed by atoms with van der Waals surface area (Å²) in [5, 5.41) is 0. The van der Waals surface area contributed by atoms with Gasteiger partial charge in [-0.2, -0.15) is 0 Å². The minimum atomic E-state index is -0.00478. The van der Waals surface area contributed by atoms with E-state index in [2.05, 4.69) is 31.1 Å². The molecule has 0 aromatic heterocycles. The van der Waals surface area contributed by atoms with E-state index in [0.717, 1.165) is 31.9 Å². The molecule has 19 heavy (non-hydrogen) atoms. The average molecular weight is 279 g/mol. The van der Waals surface area contributed by atoms with Crippen molar-refractivity contribution in [2.45, 2.75) is 25.3 Å². The van der Waals surface area contributed by atoms with Crippen LogP contribution in [0.3, 0.4) is 0 Å². The lowest BCUT2D eigenvalue weighted by molar-refractivity contribution is 0.129. The lowest BCUT2D eigenvalue weighted by atomic mass is 9.86. The second-order valence-corrected chi connectivity index (χ2v) is 6.22. The molecule has 0 radical (unpaired) electrons. The van der Waals surface area contributed by atoms with Gasteiger partial charge in [0, 0.05) is 32.2 Å². The molecule has 2 atom stereocenters. The number of piperazine rings is 1. The average Bonchev–Trinajstić information content (AvgIpc) is 2.48. The highest BCUT2D eigenvalue weighted by Gasteiger charge is 2.28. The molecule has 3 nitrogen and oxygen atoms in total. The van der Waals surface area contributed by atoms with Gasteiger partial charge in [-0.1, -0.05) is 15.5 Å². The molecule has 4 heteroatoms. The van der Waals surface area contributed by atoms with Crippen LogP contribution in [-0.4, -0.2) is 42.8 Å². The van der Waals surface area contributed by atoms with E-state index < -0.39 is 0 Å². The fraction of sp³-hybridized carbons (Fsp3) is 0.600.